The van der Waals surface area contributed by atoms with Crippen molar-refractivity contribution in [3.63, 3.8) is 0 Å². The molecule has 90 valence electrons. The summed E-state index contributed by atoms with van der Waals surface area (Å²) < 4.78 is 22.9. The largest absolute Gasteiger partial charge is 0.313 e. The first-order valence-corrected chi connectivity index (χ1v) is 7.37. The Morgan fingerprint density at radius 1 is 1.40 bits per heavy atom. The van der Waals surface area contributed by atoms with Gasteiger partial charge in [0.05, 0.1) is 5.25 Å². The third kappa shape index (κ3) is 5.33. The Bertz CT molecular complexity index is 296. The minimum absolute atomic E-state index is 0.0163. The molecule has 0 saturated carbocycles. The van der Waals surface area contributed by atoms with E-state index < -0.39 is 9.84 Å². The normalized spacial score (nSPS) is 16.0. The van der Waals surface area contributed by atoms with Crippen molar-refractivity contribution in [2.24, 2.45) is 0 Å². The summed E-state index contributed by atoms with van der Waals surface area (Å²) in [6.07, 6.45) is 2.92. The highest BCUT2D eigenvalue weighted by atomic mass is 32.2. The van der Waals surface area contributed by atoms with Gasteiger partial charge in [-0.05, 0) is 26.3 Å². The molecular formula is C11H23NO2S. The average Bonchev–Trinajstić information content (AvgIpc) is 2.14. The zero-order valence-corrected chi connectivity index (χ0v) is 11.0. The van der Waals surface area contributed by atoms with Crippen LogP contribution in [0, 0.1) is 0 Å². The van der Waals surface area contributed by atoms with Gasteiger partial charge in [0.1, 0.15) is 0 Å². The van der Waals surface area contributed by atoms with Crippen LogP contribution in [0.3, 0.4) is 0 Å². The van der Waals surface area contributed by atoms with Crippen LogP contribution in [0.2, 0.25) is 0 Å². The van der Waals surface area contributed by atoms with Crippen molar-refractivity contribution in [1.29, 1.82) is 0 Å². The molecule has 0 aliphatic rings. The highest BCUT2D eigenvalue weighted by Gasteiger charge is 2.25. The number of nitrogens with one attached hydrogen (secondary N) is 1. The predicted octanol–water partition coefficient (Wildman–Crippen LogP) is 1.75. The lowest BCUT2D eigenvalue weighted by Crippen LogP contribution is -2.42. The van der Waals surface area contributed by atoms with Crippen LogP contribution in [-0.4, -0.2) is 32.5 Å². The highest BCUT2D eigenvalue weighted by Crippen LogP contribution is 2.14. The van der Waals surface area contributed by atoms with Crippen molar-refractivity contribution in [3.05, 3.63) is 12.2 Å². The maximum atomic E-state index is 11.4. The Morgan fingerprint density at radius 2 is 1.93 bits per heavy atom. The second-order valence-corrected chi connectivity index (χ2v) is 6.41. The summed E-state index contributed by atoms with van der Waals surface area (Å²) in [4.78, 5) is 0. The zero-order valence-electron chi connectivity index (χ0n) is 10.2. The van der Waals surface area contributed by atoms with E-state index in [4.69, 9.17) is 0 Å². The van der Waals surface area contributed by atoms with Gasteiger partial charge in [-0.1, -0.05) is 26.0 Å². The van der Waals surface area contributed by atoms with Crippen LogP contribution in [0.15, 0.2) is 12.2 Å². The first-order chi connectivity index (χ1) is 6.82. The molecule has 2 atom stereocenters. The fourth-order valence-corrected chi connectivity index (χ4v) is 2.21. The van der Waals surface area contributed by atoms with E-state index >= 15 is 0 Å². The maximum Gasteiger partial charge on any atom is 0.151 e. The molecule has 15 heavy (non-hydrogen) atoms. The standard InChI is InChI=1S/C11H23NO2S/c1-6-9(3)8-11(12-7-2)10(4)15(5,13)14/h10-12H,3,6-8H2,1-2,4-5H3. The first kappa shape index (κ1) is 14.6. The molecule has 0 radical (unpaired) electrons. The SMILES string of the molecule is C=C(CC)CC(NCC)C(C)S(C)(=O)=O. The number of sulfone groups is 1. The predicted molar refractivity (Wildman–Crippen MR) is 65.8 cm³/mol. The van der Waals surface area contributed by atoms with E-state index in [2.05, 4.69) is 11.9 Å². The van der Waals surface area contributed by atoms with Gasteiger partial charge in [-0.2, -0.15) is 0 Å². The summed E-state index contributed by atoms with van der Waals surface area (Å²) >= 11 is 0. The van der Waals surface area contributed by atoms with E-state index in [0.717, 1.165) is 25.0 Å². The molecule has 3 nitrogen and oxygen atoms in total. The van der Waals surface area contributed by atoms with Crippen LogP contribution >= 0.6 is 0 Å². The molecule has 0 aliphatic carbocycles. The molecule has 0 aromatic rings. The summed E-state index contributed by atoms with van der Waals surface area (Å²) in [5.41, 5.74) is 1.09. The average molecular weight is 233 g/mol. The summed E-state index contributed by atoms with van der Waals surface area (Å²) in [5, 5.41) is 2.85. The van der Waals surface area contributed by atoms with Crippen molar-refractivity contribution in [1.82, 2.24) is 5.32 Å². The van der Waals surface area contributed by atoms with E-state index in [1.54, 1.807) is 6.92 Å². The summed E-state index contributed by atoms with van der Waals surface area (Å²) in [6, 6.07) is -0.0163. The fraction of sp³-hybridized carbons (Fsp3) is 0.818. The number of hydrogen-bond donors (Lipinski definition) is 1. The number of rotatable bonds is 7. The van der Waals surface area contributed by atoms with Gasteiger partial charge in [-0.25, -0.2) is 8.42 Å². The van der Waals surface area contributed by atoms with Gasteiger partial charge < -0.3 is 5.32 Å². The van der Waals surface area contributed by atoms with Gasteiger partial charge in [0.25, 0.3) is 0 Å². The summed E-state index contributed by atoms with van der Waals surface area (Å²) in [5.74, 6) is 0. The molecule has 0 fully saturated rings. The second kappa shape index (κ2) is 6.28. The molecule has 0 amide bonds. The van der Waals surface area contributed by atoms with Crippen LogP contribution in [0.5, 0.6) is 0 Å². The third-order valence-electron chi connectivity index (χ3n) is 2.72. The first-order valence-electron chi connectivity index (χ1n) is 5.41. The van der Waals surface area contributed by atoms with Crippen LogP contribution < -0.4 is 5.32 Å². The summed E-state index contributed by atoms with van der Waals surface area (Å²) in [7, 11) is -2.98. The molecule has 0 saturated heterocycles. The lowest BCUT2D eigenvalue weighted by Gasteiger charge is -2.24. The lowest BCUT2D eigenvalue weighted by atomic mass is 10.0. The van der Waals surface area contributed by atoms with E-state index in [1.807, 2.05) is 13.8 Å². The zero-order chi connectivity index (χ0) is 12.1. The van der Waals surface area contributed by atoms with Crippen LogP contribution in [0.1, 0.15) is 33.6 Å². The molecule has 0 aromatic heterocycles. The van der Waals surface area contributed by atoms with E-state index in [0.29, 0.717) is 0 Å². The number of hydrogen-bond acceptors (Lipinski definition) is 3. The molecule has 2 unspecified atom stereocenters. The van der Waals surface area contributed by atoms with Crippen molar-refractivity contribution in [3.8, 4) is 0 Å². The van der Waals surface area contributed by atoms with Gasteiger partial charge >= 0.3 is 0 Å². The second-order valence-electron chi connectivity index (χ2n) is 4.01. The summed E-state index contributed by atoms with van der Waals surface area (Å²) in [6.45, 7) is 10.5. The van der Waals surface area contributed by atoms with Gasteiger partial charge in [-0.3, -0.25) is 0 Å². The molecule has 1 N–H and O–H groups in total. The fourth-order valence-electron chi connectivity index (χ4n) is 1.42. The van der Waals surface area contributed by atoms with Gasteiger partial charge in [0.2, 0.25) is 0 Å². The topological polar surface area (TPSA) is 46.2 Å². The molecular weight excluding hydrogens is 210 g/mol. The van der Waals surface area contributed by atoms with Gasteiger partial charge in [-0.15, -0.1) is 0 Å². The minimum atomic E-state index is -2.98. The van der Waals surface area contributed by atoms with Gasteiger partial charge in [0.15, 0.2) is 9.84 Å². The molecule has 0 heterocycles. The van der Waals surface area contributed by atoms with Crippen molar-refractivity contribution >= 4 is 9.84 Å². The third-order valence-corrected chi connectivity index (χ3v) is 4.40. The lowest BCUT2D eigenvalue weighted by molar-refractivity contribution is 0.490. The molecule has 0 bridgehead atoms. The molecule has 0 spiro atoms. The molecule has 0 aromatic carbocycles. The Kier molecular flexibility index (Phi) is 6.13. The Hall–Kier alpha value is -0.350. The van der Waals surface area contributed by atoms with Crippen LogP contribution in [-0.2, 0) is 9.84 Å². The van der Waals surface area contributed by atoms with E-state index in [9.17, 15) is 8.42 Å². The monoisotopic (exact) mass is 233 g/mol. The van der Waals surface area contributed by atoms with Crippen LogP contribution in [0.25, 0.3) is 0 Å². The van der Waals surface area contributed by atoms with Crippen molar-refractivity contribution in [2.45, 2.75) is 44.9 Å². The highest BCUT2D eigenvalue weighted by molar-refractivity contribution is 7.91. The van der Waals surface area contributed by atoms with Crippen molar-refractivity contribution in [2.75, 3.05) is 12.8 Å². The van der Waals surface area contributed by atoms with Crippen LogP contribution in [0.4, 0.5) is 0 Å². The maximum absolute atomic E-state index is 11.4. The Labute approximate surface area is 93.9 Å². The molecule has 0 rings (SSSR count). The van der Waals surface area contributed by atoms with E-state index in [1.165, 1.54) is 6.26 Å². The van der Waals surface area contributed by atoms with E-state index in [-0.39, 0.29) is 11.3 Å². The molecule has 0 aliphatic heterocycles. The minimum Gasteiger partial charge on any atom is -0.313 e. The Morgan fingerprint density at radius 3 is 2.27 bits per heavy atom. The van der Waals surface area contributed by atoms with Crippen molar-refractivity contribution < 1.29 is 8.42 Å². The quantitative estimate of drug-likeness (QED) is 0.682. The smallest absolute Gasteiger partial charge is 0.151 e. The Balaban J connectivity index is 4.59. The van der Waals surface area contributed by atoms with Gasteiger partial charge in [0, 0.05) is 12.3 Å². The molecule has 4 heteroatoms.